The van der Waals surface area contributed by atoms with Crippen molar-refractivity contribution in [2.24, 2.45) is 5.73 Å². The molecule has 0 aliphatic rings. The van der Waals surface area contributed by atoms with Gasteiger partial charge in [0.1, 0.15) is 17.3 Å². The van der Waals surface area contributed by atoms with Gasteiger partial charge in [-0.25, -0.2) is 13.6 Å². The number of benzene rings is 3. The van der Waals surface area contributed by atoms with Gasteiger partial charge in [-0.2, -0.15) is 0 Å². The van der Waals surface area contributed by atoms with E-state index in [2.05, 4.69) is 31.5 Å². The van der Waals surface area contributed by atoms with Gasteiger partial charge in [-0.1, -0.05) is 22.0 Å². The van der Waals surface area contributed by atoms with Crippen LogP contribution in [0.1, 0.15) is 20.7 Å². The van der Waals surface area contributed by atoms with E-state index in [1.165, 1.54) is 30.5 Å². The number of para-hydroxylation sites is 1. The first kappa shape index (κ1) is 22.2. The maximum atomic E-state index is 14.1. The van der Waals surface area contributed by atoms with Crippen molar-refractivity contribution in [3.05, 3.63) is 88.0 Å². The van der Waals surface area contributed by atoms with E-state index in [1.807, 2.05) is 0 Å². The van der Waals surface area contributed by atoms with Crippen molar-refractivity contribution in [1.29, 1.82) is 0 Å². The number of hydrogen-bond donors (Lipinski definition) is 4. The summed E-state index contributed by atoms with van der Waals surface area (Å²) < 4.78 is 29.0. The minimum atomic E-state index is -1.26. The number of primary amides is 1. The first-order valence-electron chi connectivity index (χ1n) is 9.47. The van der Waals surface area contributed by atoms with Crippen LogP contribution in [-0.4, -0.2) is 22.0 Å². The third-order valence-electron chi connectivity index (χ3n) is 4.78. The van der Waals surface area contributed by atoms with E-state index >= 15 is 0 Å². The van der Waals surface area contributed by atoms with Crippen LogP contribution in [0.2, 0.25) is 0 Å². The summed E-state index contributed by atoms with van der Waals surface area (Å²) in [4.78, 5) is 27.9. The van der Waals surface area contributed by atoms with Crippen molar-refractivity contribution < 1.29 is 23.5 Å². The van der Waals surface area contributed by atoms with E-state index in [0.29, 0.717) is 16.6 Å². The molecule has 0 fully saturated rings. The number of nitrogens with two attached hydrogens (primary N) is 1. The zero-order valence-electron chi connectivity index (χ0n) is 16.7. The van der Waals surface area contributed by atoms with Crippen LogP contribution in [0.3, 0.4) is 0 Å². The quantitative estimate of drug-likeness (QED) is 0.268. The molecule has 0 bridgehead atoms. The predicted molar refractivity (Wildman–Crippen MR) is 124 cm³/mol. The number of carbonyl (C=O) groups excluding carboxylic acids is 1. The third-order valence-corrected chi connectivity index (χ3v) is 5.27. The van der Waals surface area contributed by atoms with Gasteiger partial charge in [-0.15, -0.1) is 0 Å². The zero-order valence-corrected chi connectivity index (χ0v) is 18.3. The number of carboxylic acids is 1. The van der Waals surface area contributed by atoms with Crippen molar-refractivity contribution in [2.45, 2.75) is 0 Å². The Balaban J connectivity index is 1.83. The lowest BCUT2D eigenvalue weighted by Gasteiger charge is -2.16. The molecule has 4 rings (SSSR count). The number of hydrogen-bond acceptors (Lipinski definition) is 5. The Morgan fingerprint density at radius 3 is 2.18 bits per heavy atom. The molecule has 0 saturated heterocycles. The van der Waals surface area contributed by atoms with Crippen LogP contribution in [0.5, 0.6) is 0 Å². The highest BCUT2D eigenvalue weighted by atomic mass is 79.9. The van der Waals surface area contributed by atoms with Gasteiger partial charge in [-0.05, 0) is 48.5 Å². The van der Waals surface area contributed by atoms with Gasteiger partial charge in [0.25, 0.3) is 5.91 Å². The van der Waals surface area contributed by atoms with Crippen LogP contribution in [0.15, 0.2) is 65.3 Å². The molecule has 1 amide bonds. The van der Waals surface area contributed by atoms with Gasteiger partial charge in [0.2, 0.25) is 0 Å². The summed E-state index contributed by atoms with van der Waals surface area (Å²) in [6, 6.07) is 12.6. The molecule has 0 radical (unpaired) electrons. The molecule has 4 aromatic rings. The lowest BCUT2D eigenvalue weighted by Crippen LogP contribution is -2.14. The number of pyridine rings is 1. The van der Waals surface area contributed by atoms with Gasteiger partial charge >= 0.3 is 5.97 Å². The second-order valence-corrected chi connectivity index (χ2v) is 7.94. The number of carboxylic acid groups (broad SMARTS) is 1. The van der Waals surface area contributed by atoms with Crippen molar-refractivity contribution in [3.63, 3.8) is 0 Å². The second kappa shape index (κ2) is 8.83. The molecule has 0 aliphatic heterocycles. The molecule has 1 heterocycles. The smallest absolute Gasteiger partial charge is 0.335 e. The molecule has 0 unspecified atom stereocenters. The molecule has 5 N–H and O–H groups in total. The number of aromatic nitrogens is 1. The van der Waals surface area contributed by atoms with Crippen LogP contribution in [-0.2, 0) is 0 Å². The topological polar surface area (TPSA) is 117 Å². The molecule has 3 aromatic carbocycles. The third kappa shape index (κ3) is 4.60. The van der Waals surface area contributed by atoms with Crippen LogP contribution >= 0.6 is 15.9 Å². The highest BCUT2D eigenvalue weighted by Gasteiger charge is 2.16. The van der Waals surface area contributed by atoms with E-state index in [-0.39, 0.29) is 22.5 Å². The van der Waals surface area contributed by atoms with E-state index < -0.39 is 29.2 Å². The van der Waals surface area contributed by atoms with Gasteiger partial charge in [-0.3, -0.25) is 9.78 Å². The van der Waals surface area contributed by atoms with Crippen molar-refractivity contribution in [3.8, 4) is 0 Å². The SMILES string of the molecule is NC(=O)c1cnc2cc(Br)ccc2c1Nc1cc(Nc2c(F)cccc2F)cc(C(=O)O)c1. The lowest BCUT2D eigenvalue weighted by atomic mass is 10.1. The summed E-state index contributed by atoms with van der Waals surface area (Å²) in [5.74, 6) is -3.68. The number of halogens is 3. The summed E-state index contributed by atoms with van der Waals surface area (Å²) >= 11 is 3.36. The number of amides is 1. The van der Waals surface area contributed by atoms with E-state index in [0.717, 1.165) is 16.6 Å². The molecule has 7 nitrogen and oxygen atoms in total. The Hall–Kier alpha value is -4.05. The molecule has 0 aliphatic carbocycles. The molecule has 0 saturated carbocycles. The number of rotatable bonds is 6. The standard InChI is InChI=1S/C23H15BrF2N4O3/c24-12-4-5-15-19(8-12)28-10-16(22(27)31)20(15)29-13-6-11(23(32)33)7-14(9-13)30-21-17(25)2-1-3-18(21)26/h1-10,30H,(H2,27,31)(H,28,29)(H,32,33). The van der Waals surface area contributed by atoms with Crippen molar-refractivity contribution in [2.75, 3.05) is 10.6 Å². The van der Waals surface area contributed by atoms with E-state index in [4.69, 9.17) is 5.73 Å². The normalized spacial score (nSPS) is 10.8. The second-order valence-electron chi connectivity index (χ2n) is 7.02. The Morgan fingerprint density at radius 2 is 1.58 bits per heavy atom. The van der Waals surface area contributed by atoms with Crippen LogP contribution < -0.4 is 16.4 Å². The predicted octanol–water partition coefficient (Wildman–Crippen LogP) is 5.56. The fraction of sp³-hybridized carbons (Fsp3) is 0. The highest BCUT2D eigenvalue weighted by molar-refractivity contribution is 9.10. The van der Waals surface area contributed by atoms with E-state index in [1.54, 1.807) is 18.2 Å². The number of nitrogens with one attached hydrogen (secondary N) is 2. The van der Waals surface area contributed by atoms with E-state index in [9.17, 15) is 23.5 Å². The van der Waals surface area contributed by atoms with Crippen molar-refractivity contribution in [1.82, 2.24) is 4.98 Å². The first-order chi connectivity index (χ1) is 15.7. The molecule has 1 aromatic heterocycles. The summed E-state index contributed by atoms with van der Waals surface area (Å²) in [6.07, 6.45) is 1.31. The van der Waals surface area contributed by atoms with Crippen molar-refractivity contribution >= 4 is 61.5 Å². The molecular weight excluding hydrogens is 498 g/mol. The highest BCUT2D eigenvalue weighted by Crippen LogP contribution is 2.33. The molecule has 33 heavy (non-hydrogen) atoms. The molecule has 0 spiro atoms. The largest absolute Gasteiger partial charge is 0.478 e. The fourth-order valence-corrected chi connectivity index (χ4v) is 3.64. The number of nitrogens with zero attached hydrogens (tertiary/aromatic N) is 1. The zero-order chi connectivity index (χ0) is 23.7. The lowest BCUT2D eigenvalue weighted by molar-refractivity contribution is 0.0696. The summed E-state index contributed by atoms with van der Waals surface area (Å²) in [7, 11) is 0. The van der Waals surface area contributed by atoms with Crippen LogP contribution in [0.25, 0.3) is 10.9 Å². The molecular formula is C23H15BrF2N4O3. The maximum Gasteiger partial charge on any atom is 0.335 e. The molecule has 0 atom stereocenters. The van der Waals surface area contributed by atoms with Gasteiger partial charge in [0, 0.05) is 27.4 Å². The number of carbonyl (C=O) groups is 2. The summed E-state index contributed by atoms with van der Waals surface area (Å²) in [6.45, 7) is 0. The Kier molecular flexibility index (Phi) is 5.93. The monoisotopic (exact) mass is 512 g/mol. The maximum absolute atomic E-state index is 14.1. The average molecular weight is 513 g/mol. The Morgan fingerprint density at radius 1 is 0.939 bits per heavy atom. The Bertz CT molecular complexity index is 1410. The fourth-order valence-electron chi connectivity index (χ4n) is 3.29. The number of aromatic carboxylic acids is 1. The van der Waals surface area contributed by atoms with Gasteiger partial charge in [0.05, 0.1) is 22.3 Å². The summed E-state index contributed by atoms with van der Waals surface area (Å²) in [5, 5.41) is 15.7. The van der Waals surface area contributed by atoms with Gasteiger partial charge in [0.15, 0.2) is 0 Å². The number of fused-ring (bicyclic) bond motifs is 1. The minimum absolute atomic E-state index is 0.0835. The molecule has 10 heteroatoms. The Labute approximate surface area is 194 Å². The number of anilines is 4. The summed E-state index contributed by atoms with van der Waals surface area (Å²) in [5.41, 5.74) is 6.24. The average Bonchev–Trinajstić information content (AvgIpc) is 2.76. The van der Waals surface area contributed by atoms with Crippen LogP contribution in [0.4, 0.5) is 31.5 Å². The van der Waals surface area contributed by atoms with Crippen LogP contribution in [0, 0.1) is 11.6 Å². The molecule has 166 valence electrons. The van der Waals surface area contributed by atoms with Gasteiger partial charge < -0.3 is 21.5 Å². The minimum Gasteiger partial charge on any atom is -0.478 e. The first-order valence-corrected chi connectivity index (χ1v) is 10.3.